The second kappa shape index (κ2) is 4.51. The van der Waals surface area contributed by atoms with Crippen LogP contribution in [0.1, 0.15) is 24.0 Å². The number of hydrogen-bond donors (Lipinski definition) is 1. The number of carbonyl (C=O) groups is 1. The predicted octanol–water partition coefficient (Wildman–Crippen LogP) is 2.45. The molecule has 18 heavy (non-hydrogen) atoms. The van der Waals surface area contributed by atoms with Gasteiger partial charge in [-0.1, -0.05) is 6.07 Å². The highest BCUT2D eigenvalue weighted by Gasteiger charge is 2.30. The van der Waals surface area contributed by atoms with E-state index in [4.69, 9.17) is 5.73 Å². The van der Waals surface area contributed by atoms with Crippen molar-refractivity contribution in [2.45, 2.75) is 32.1 Å². The molecule has 0 saturated heterocycles. The Kier molecular flexibility index (Phi) is 3.19. The molecule has 1 aromatic rings. The van der Waals surface area contributed by atoms with E-state index in [1.54, 1.807) is 12.1 Å². The molecule has 0 radical (unpaired) electrons. The lowest BCUT2D eigenvalue weighted by Crippen LogP contribution is -2.26. The van der Waals surface area contributed by atoms with E-state index in [9.17, 15) is 18.0 Å². The van der Waals surface area contributed by atoms with Crippen LogP contribution in [0.3, 0.4) is 0 Å². The van der Waals surface area contributed by atoms with E-state index in [0.717, 1.165) is 11.1 Å². The largest absolute Gasteiger partial charge is 0.399 e. The number of nitrogen functional groups attached to an aromatic ring is 1. The van der Waals surface area contributed by atoms with Gasteiger partial charge in [0.25, 0.3) is 0 Å². The molecule has 2 N–H and O–H groups in total. The molecule has 1 aliphatic heterocycles. The molecule has 98 valence electrons. The van der Waals surface area contributed by atoms with Gasteiger partial charge in [-0.05, 0) is 23.3 Å². The zero-order valence-corrected chi connectivity index (χ0v) is 9.63. The van der Waals surface area contributed by atoms with E-state index in [1.165, 1.54) is 4.90 Å². The number of carbonyl (C=O) groups excluding carboxylic acids is 1. The molecule has 3 nitrogen and oxygen atoms in total. The Morgan fingerprint density at radius 3 is 2.61 bits per heavy atom. The molecule has 6 heteroatoms. The molecule has 1 heterocycles. The molecular formula is C12H13F3N2O. The summed E-state index contributed by atoms with van der Waals surface area (Å²) in [6, 6.07) is 5.29. The maximum absolute atomic E-state index is 12.0. The van der Waals surface area contributed by atoms with Crippen LogP contribution >= 0.6 is 0 Å². The summed E-state index contributed by atoms with van der Waals surface area (Å²) >= 11 is 0. The van der Waals surface area contributed by atoms with Crippen molar-refractivity contribution in [2.75, 3.05) is 5.73 Å². The third kappa shape index (κ3) is 2.94. The highest BCUT2D eigenvalue weighted by atomic mass is 19.4. The van der Waals surface area contributed by atoms with Gasteiger partial charge in [-0.3, -0.25) is 4.79 Å². The lowest BCUT2D eigenvalue weighted by molar-refractivity contribution is -0.149. The number of nitrogens with zero attached hydrogens (tertiary/aromatic N) is 1. The molecule has 0 bridgehead atoms. The molecule has 0 saturated carbocycles. The minimum atomic E-state index is -4.29. The smallest absolute Gasteiger partial charge is 0.389 e. The maximum atomic E-state index is 12.0. The van der Waals surface area contributed by atoms with Gasteiger partial charge in [-0.25, -0.2) is 0 Å². The van der Waals surface area contributed by atoms with Gasteiger partial charge in [0, 0.05) is 25.2 Å². The number of fused-ring (bicyclic) bond motifs is 1. The van der Waals surface area contributed by atoms with Crippen molar-refractivity contribution in [2.24, 2.45) is 0 Å². The van der Waals surface area contributed by atoms with Gasteiger partial charge in [-0.2, -0.15) is 13.2 Å². The number of hydrogen-bond acceptors (Lipinski definition) is 2. The number of anilines is 1. The zero-order chi connectivity index (χ0) is 13.3. The van der Waals surface area contributed by atoms with Crippen molar-refractivity contribution in [3.63, 3.8) is 0 Å². The van der Waals surface area contributed by atoms with Gasteiger partial charge in [-0.15, -0.1) is 0 Å². The number of benzene rings is 1. The average Bonchev–Trinajstić information content (AvgIpc) is 2.67. The van der Waals surface area contributed by atoms with Gasteiger partial charge in [0.1, 0.15) is 0 Å². The molecule has 0 unspecified atom stereocenters. The molecular weight excluding hydrogens is 245 g/mol. The monoisotopic (exact) mass is 258 g/mol. The van der Waals surface area contributed by atoms with Crippen LogP contribution in [0, 0.1) is 0 Å². The van der Waals surface area contributed by atoms with Crippen molar-refractivity contribution >= 4 is 11.6 Å². The highest BCUT2D eigenvalue weighted by Crippen LogP contribution is 2.27. The van der Waals surface area contributed by atoms with Crippen LogP contribution in [0.5, 0.6) is 0 Å². The van der Waals surface area contributed by atoms with Crippen molar-refractivity contribution in [3.05, 3.63) is 29.3 Å². The first-order valence-electron chi connectivity index (χ1n) is 5.57. The Hall–Kier alpha value is -1.72. The Morgan fingerprint density at radius 1 is 1.28 bits per heavy atom. The fourth-order valence-electron chi connectivity index (χ4n) is 2.00. The van der Waals surface area contributed by atoms with Crippen LogP contribution in [0.15, 0.2) is 18.2 Å². The maximum Gasteiger partial charge on any atom is 0.389 e. The molecule has 1 aliphatic rings. The molecule has 1 amide bonds. The standard InChI is InChI=1S/C12H13F3N2O/c13-12(14,15)4-3-11(18)17-6-8-1-2-10(16)5-9(8)7-17/h1-2,5H,3-4,6-7,16H2. The van der Waals surface area contributed by atoms with Crippen LogP contribution in [0.4, 0.5) is 18.9 Å². The Labute approximate surface area is 102 Å². The van der Waals surface area contributed by atoms with Gasteiger partial charge >= 0.3 is 6.18 Å². The summed E-state index contributed by atoms with van der Waals surface area (Å²) < 4.78 is 36.1. The highest BCUT2D eigenvalue weighted by molar-refractivity contribution is 5.77. The number of rotatable bonds is 2. The van der Waals surface area contributed by atoms with Crippen molar-refractivity contribution in [3.8, 4) is 0 Å². The zero-order valence-electron chi connectivity index (χ0n) is 9.63. The van der Waals surface area contributed by atoms with Gasteiger partial charge in [0.2, 0.25) is 5.91 Å². The van der Waals surface area contributed by atoms with E-state index in [2.05, 4.69) is 0 Å². The minimum absolute atomic E-state index is 0.344. The van der Waals surface area contributed by atoms with Crippen molar-refractivity contribution in [1.29, 1.82) is 0 Å². The van der Waals surface area contributed by atoms with Gasteiger partial charge in [0.15, 0.2) is 0 Å². The minimum Gasteiger partial charge on any atom is -0.399 e. The summed E-state index contributed by atoms with van der Waals surface area (Å²) in [6.45, 7) is 0.712. The van der Waals surface area contributed by atoms with E-state index >= 15 is 0 Å². The van der Waals surface area contributed by atoms with E-state index in [0.29, 0.717) is 18.8 Å². The topological polar surface area (TPSA) is 46.3 Å². The van der Waals surface area contributed by atoms with Crippen LogP contribution in [-0.4, -0.2) is 17.0 Å². The lowest BCUT2D eigenvalue weighted by Gasteiger charge is -2.15. The lowest BCUT2D eigenvalue weighted by atomic mass is 10.1. The SMILES string of the molecule is Nc1ccc2c(c1)CN(C(=O)CCC(F)(F)F)C2. The quantitative estimate of drug-likeness (QED) is 0.828. The first-order chi connectivity index (χ1) is 8.35. The third-order valence-corrected chi connectivity index (χ3v) is 2.93. The summed E-state index contributed by atoms with van der Waals surface area (Å²) in [4.78, 5) is 13.1. The normalized spacial score (nSPS) is 14.7. The second-order valence-electron chi connectivity index (χ2n) is 4.39. The second-order valence-corrected chi connectivity index (χ2v) is 4.39. The Morgan fingerprint density at radius 2 is 1.94 bits per heavy atom. The first-order valence-corrected chi connectivity index (χ1v) is 5.57. The number of amides is 1. The van der Waals surface area contributed by atoms with Crippen LogP contribution in [-0.2, 0) is 17.9 Å². The molecule has 0 spiro atoms. The summed E-state index contributed by atoms with van der Waals surface area (Å²) in [5.74, 6) is -0.470. The summed E-state index contributed by atoms with van der Waals surface area (Å²) in [7, 11) is 0. The van der Waals surface area contributed by atoms with Crippen LogP contribution in [0.25, 0.3) is 0 Å². The van der Waals surface area contributed by atoms with Crippen LogP contribution in [0.2, 0.25) is 0 Å². The van der Waals surface area contributed by atoms with E-state index in [-0.39, 0.29) is 0 Å². The molecule has 0 aliphatic carbocycles. The molecule has 0 aromatic heterocycles. The third-order valence-electron chi connectivity index (χ3n) is 2.93. The van der Waals surface area contributed by atoms with E-state index in [1.807, 2.05) is 6.07 Å². The number of alkyl halides is 3. The summed E-state index contributed by atoms with van der Waals surface area (Å²) in [5.41, 5.74) is 8.07. The van der Waals surface area contributed by atoms with Crippen molar-refractivity contribution < 1.29 is 18.0 Å². The average molecular weight is 258 g/mol. The number of halogens is 3. The van der Waals surface area contributed by atoms with Crippen LogP contribution < -0.4 is 5.73 Å². The molecule has 1 aromatic carbocycles. The Bertz CT molecular complexity index is 471. The van der Waals surface area contributed by atoms with Gasteiger partial charge < -0.3 is 10.6 Å². The fourth-order valence-corrected chi connectivity index (χ4v) is 2.00. The fraction of sp³-hybridized carbons (Fsp3) is 0.417. The molecule has 2 rings (SSSR count). The summed E-state index contributed by atoms with van der Waals surface area (Å²) in [5, 5.41) is 0. The van der Waals surface area contributed by atoms with E-state index < -0.39 is 24.9 Å². The molecule has 0 fully saturated rings. The Balaban J connectivity index is 1.96. The first kappa shape index (κ1) is 12.7. The number of nitrogens with two attached hydrogens (primary N) is 1. The van der Waals surface area contributed by atoms with Gasteiger partial charge in [0.05, 0.1) is 6.42 Å². The summed E-state index contributed by atoms with van der Waals surface area (Å²) in [6.07, 6.45) is -5.85. The molecule has 0 atom stereocenters. The predicted molar refractivity (Wildman–Crippen MR) is 60.4 cm³/mol. The van der Waals surface area contributed by atoms with Crippen molar-refractivity contribution in [1.82, 2.24) is 4.90 Å².